The first-order valence-corrected chi connectivity index (χ1v) is 8.47. The fraction of sp³-hybridized carbons (Fsp3) is 0.600. The number of methoxy groups -OCH3 is 1. The second kappa shape index (κ2) is 5.46. The van der Waals surface area contributed by atoms with E-state index in [0.717, 1.165) is 28.3 Å². The second-order valence-corrected chi connectivity index (χ2v) is 7.40. The summed E-state index contributed by atoms with van der Waals surface area (Å²) < 4.78 is 5.20. The van der Waals surface area contributed by atoms with Crippen LogP contribution in [0.15, 0.2) is 12.1 Å². The van der Waals surface area contributed by atoms with E-state index < -0.39 is 0 Å². The third-order valence-electron chi connectivity index (χ3n) is 4.63. The van der Waals surface area contributed by atoms with E-state index in [0.29, 0.717) is 15.6 Å². The fourth-order valence-electron chi connectivity index (χ4n) is 3.60. The Bertz CT molecular complexity index is 479. The van der Waals surface area contributed by atoms with Gasteiger partial charge in [0.2, 0.25) is 0 Å². The molecule has 0 bridgehead atoms. The van der Waals surface area contributed by atoms with E-state index in [1.807, 2.05) is 12.1 Å². The van der Waals surface area contributed by atoms with Gasteiger partial charge in [0, 0.05) is 15.9 Å². The van der Waals surface area contributed by atoms with Gasteiger partial charge in [-0.1, -0.05) is 52.0 Å². The Morgan fingerprint density at radius 3 is 2.37 bits per heavy atom. The van der Waals surface area contributed by atoms with Crippen LogP contribution in [0.4, 0.5) is 0 Å². The van der Waals surface area contributed by atoms with Crippen molar-refractivity contribution in [2.45, 2.75) is 30.5 Å². The summed E-state index contributed by atoms with van der Waals surface area (Å²) >= 11 is 16.4. The van der Waals surface area contributed by atoms with Crippen molar-refractivity contribution < 1.29 is 4.74 Å². The van der Waals surface area contributed by atoms with E-state index in [1.54, 1.807) is 7.11 Å². The lowest BCUT2D eigenvalue weighted by Crippen LogP contribution is -1.98. The monoisotopic (exact) mass is 362 g/mol. The molecule has 1 aromatic rings. The molecule has 0 aliphatic heterocycles. The quantitative estimate of drug-likeness (QED) is 0.609. The molecule has 0 amide bonds. The van der Waals surface area contributed by atoms with Crippen molar-refractivity contribution in [2.75, 3.05) is 7.11 Å². The predicted octanol–water partition coefficient (Wildman–Crippen LogP) is 5.87. The van der Waals surface area contributed by atoms with E-state index in [4.69, 9.17) is 27.9 Å². The molecule has 0 aromatic heterocycles. The minimum Gasteiger partial charge on any atom is -0.495 e. The highest BCUT2D eigenvalue weighted by Gasteiger charge is 2.54. The summed E-state index contributed by atoms with van der Waals surface area (Å²) in [6, 6.07) is 3.77. The van der Waals surface area contributed by atoms with Gasteiger partial charge >= 0.3 is 0 Å². The lowest BCUT2D eigenvalue weighted by Gasteiger charge is -2.14. The van der Waals surface area contributed by atoms with Gasteiger partial charge in [-0.05, 0) is 42.2 Å². The van der Waals surface area contributed by atoms with Crippen molar-refractivity contribution in [1.82, 2.24) is 0 Å². The smallest absolute Gasteiger partial charge is 0.138 e. The molecule has 0 heterocycles. The number of alkyl halides is 1. The fourth-order valence-corrected chi connectivity index (χ4v) is 5.42. The highest BCUT2D eigenvalue weighted by molar-refractivity contribution is 9.09. The molecule has 104 valence electrons. The largest absolute Gasteiger partial charge is 0.495 e. The molecular formula is C15H17BrCl2O. The lowest BCUT2D eigenvalue weighted by molar-refractivity contribution is 0.415. The molecule has 0 radical (unpaired) electrons. The molecule has 0 saturated heterocycles. The van der Waals surface area contributed by atoms with Gasteiger partial charge in [-0.15, -0.1) is 0 Å². The third-order valence-corrected chi connectivity index (χ3v) is 6.36. The second-order valence-electron chi connectivity index (χ2n) is 5.60. The Hall–Kier alpha value is 0.0800. The van der Waals surface area contributed by atoms with Crippen molar-refractivity contribution in [3.63, 3.8) is 0 Å². The maximum atomic E-state index is 6.38. The zero-order chi connectivity index (χ0) is 13.6. The summed E-state index contributed by atoms with van der Waals surface area (Å²) in [6.07, 6.45) is 5.51. The molecule has 0 N–H and O–H groups in total. The van der Waals surface area contributed by atoms with Crippen LogP contribution < -0.4 is 4.74 Å². The van der Waals surface area contributed by atoms with Crippen LogP contribution in [0.1, 0.15) is 36.1 Å². The molecule has 1 nitrogen and oxygen atoms in total. The summed E-state index contributed by atoms with van der Waals surface area (Å²) in [6.45, 7) is 0. The molecule has 3 rings (SSSR count). The molecule has 19 heavy (non-hydrogen) atoms. The van der Waals surface area contributed by atoms with Crippen molar-refractivity contribution in [3.8, 4) is 5.75 Å². The molecule has 0 spiro atoms. The molecule has 2 aliphatic carbocycles. The van der Waals surface area contributed by atoms with Gasteiger partial charge in [-0.2, -0.15) is 0 Å². The molecule has 2 saturated carbocycles. The van der Waals surface area contributed by atoms with Gasteiger partial charge < -0.3 is 4.74 Å². The number of hydrogen-bond acceptors (Lipinski definition) is 1. The van der Waals surface area contributed by atoms with Crippen molar-refractivity contribution in [2.24, 2.45) is 17.8 Å². The maximum Gasteiger partial charge on any atom is 0.138 e. The summed E-state index contributed by atoms with van der Waals surface area (Å²) in [5.41, 5.74) is 1.10. The molecule has 3 unspecified atom stereocenters. The summed E-state index contributed by atoms with van der Waals surface area (Å²) in [7, 11) is 1.61. The van der Waals surface area contributed by atoms with E-state index in [-0.39, 0.29) is 0 Å². The molecule has 2 fully saturated rings. The average Bonchev–Trinajstić information content (AvgIpc) is 3.14. The standard InChI is InChI=1S/C15H17BrCl2O/c1-19-13-7-11(17)10(6-12(13)18)15(16)14-8-4-2-3-5-9(8)14/h6-9,14-15H,2-5H2,1H3. The molecular weight excluding hydrogens is 347 g/mol. The topological polar surface area (TPSA) is 9.23 Å². The van der Waals surface area contributed by atoms with Crippen LogP contribution >= 0.6 is 39.1 Å². The predicted molar refractivity (Wildman–Crippen MR) is 83.6 cm³/mol. The van der Waals surface area contributed by atoms with Gasteiger partial charge in [0.05, 0.1) is 12.1 Å². The van der Waals surface area contributed by atoms with Gasteiger partial charge in [-0.3, -0.25) is 0 Å². The number of benzene rings is 1. The number of halogens is 3. The third kappa shape index (κ3) is 2.52. The van der Waals surface area contributed by atoms with E-state index in [1.165, 1.54) is 25.7 Å². The Morgan fingerprint density at radius 1 is 1.16 bits per heavy atom. The molecule has 1 aromatic carbocycles. The Labute approximate surface area is 132 Å². The summed E-state index contributed by atoms with van der Waals surface area (Å²) in [4.78, 5) is 0.316. The highest BCUT2D eigenvalue weighted by atomic mass is 79.9. The van der Waals surface area contributed by atoms with Crippen LogP contribution in [0.2, 0.25) is 10.0 Å². The number of hydrogen-bond donors (Lipinski definition) is 0. The van der Waals surface area contributed by atoms with Crippen molar-refractivity contribution in [1.29, 1.82) is 0 Å². The number of ether oxygens (including phenoxy) is 1. The summed E-state index contributed by atoms with van der Waals surface area (Å²) in [5, 5.41) is 1.38. The van der Waals surface area contributed by atoms with Crippen LogP contribution in [0, 0.1) is 17.8 Å². The SMILES string of the molecule is COc1cc(Cl)c(C(Br)C2C3CCCCC32)cc1Cl. The van der Waals surface area contributed by atoms with E-state index in [2.05, 4.69) is 15.9 Å². The van der Waals surface area contributed by atoms with Crippen molar-refractivity contribution >= 4 is 39.1 Å². The van der Waals surface area contributed by atoms with Crippen LogP contribution in [0.25, 0.3) is 0 Å². The normalized spacial score (nSPS) is 30.6. The van der Waals surface area contributed by atoms with Gasteiger partial charge in [0.15, 0.2) is 0 Å². The Kier molecular flexibility index (Phi) is 4.03. The molecule has 3 atom stereocenters. The van der Waals surface area contributed by atoms with Crippen molar-refractivity contribution in [3.05, 3.63) is 27.7 Å². The Morgan fingerprint density at radius 2 is 1.79 bits per heavy atom. The minimum absolute atomic E-state index is 0.316. The average molecular weight is 364 g/mol. The van der Waals surface area contributed by atoms with Crippen LogP contribution in [0.3, 0.4) is 0 Å². The van der Waals surface area contributed by atoms with Crippen LogP contribution in [0.5, 0.6) is 5.75 Å². The minimum atomic E-state index is 0.316. The first kappa shape index (κ1) is 14.0. The van der Waals surface area contributed by atoms with Gasteiger partial charge in [0.1, 0.15) is 5.75 Å². The number of rotatable bonds is 3. The number of fused-ring (bicyclic) bond motifs is 1. The van der Waals surface area contributed by atoms with Gasteiger partial charge in [0.25, 0.3) is 0 Å². The first-order chi connectivity index (χ1) is 9.13. The summed E-state index contributed by atoms with van der Waals surface area (Å²) in [5.74, 6) is 3.14. The lowest BCUT2D eigenvalue weighted by atomic mass is 10.0. The van der Waals surface area contributed by atoms with Crippen LogP contribution in [-0.2, 0) is 0 Å². The first-order valence-electron chi connectivity index (χ1n) is 6.80. The molecule has 4 heteroatoms. The van der Waals surface area contributed by atoms with E-state index >= 15 is 0 Å². The van der Waals surface area contributed by atoms with E-state index in [9.17, 15) is 0 Å². The zero-order valence-electron chi connectivity index (χ0n) is 10.8. The molecule has 2 aliphatic rings. The van der Waals surface area contributed by atoms with Gasteiger partial charge in [-0.25, -0.2) is 0 Å². The highest BCUT2D eigenvalue weighted by Crippen LogP contribution is 2.63. The maximum absolute atomic E-state index is 6.38. The van der Waals surface area contributed by atoms with Crippen LogP contribution in [-0.4, -0.2) is 7.11 Å². The Balaban J connectivity index is 1.84. The zero-order valence-corrected chi connectivity index (χ0v) is 13.9.